The Morgan fingerprint density at radius 2 is 2.10 bits per heavy atom. The van der Waals surface area contributed by atoms with Gasteiger partial charge in [-0.2, -0.15) is 0 Å². The molecule has 0 saturated heterocycles. The average molecular weight is 307 g/mol. The number of benzene rings is 1. The zero-order valence-electron chi connectivity index (χ0n) is 12.9. The summed E-state index contributed by atoms with van der Waals surface area (Å²) >= 11 is 4.93. The number of nitrogens with zero attached hydrogens (tertiary/aromatic N) is 1. The van der Waals surface area contributed by atoms with Crippen molar-refractivity contribution in [2.45, 2.75) is 32.6 Å². The molecule has 0 radical (unpaired) electrons. The lowest BCUT2D eigenvalue weighted by Gasteiger charge is -2.16. The summed E-state index contributed by atoms with van der Waals surface area (Å²) in [5, 5.41) is 2.88. The normalized spacial score (nSPS) is 10.6. The Morgan fingerprint density at radius 1 is 1.33 bits per heavy atom. The molecule has 1 aromatic carbocycles. The topological polar surface area (TPSA) is 58.4 Å². The first-order chi connectivity index (χ1) is 10.0. The third-order valence-electron chi connectivity index (χ3n) is 3.29. The van der Waals surface area contributed by atoms with Crippen molar-refractivity contribution in [2.24, 2.45) is 5.73 Å². The van der Waals surface area contributed by atoms with Gasteiger partial charge in [-0.25, -0.2) is 0 Å². The number of hydrogen-bond acceptors (Lipinski definition) is 3. The van der Waals surface area contributed by atoms with Crippen LogP contribution in [0.3, 0.4) is 0 Å². The van der Waals surface area contributed by atoms with Gasteiger partial charge in [-0.15, -0.1) is 0 Å². The van der Waals surface area contributed by atoms with Crippen molar-refractivity contribution >= 4 is 28.8 Å². The van der Waals surface area contributed by atoms with E-state index in [4.69, 9.17) is 18.0 Å². The number of anilines is 1. The van der Waals surface area contributed by atoms with Gasteiger partial charge in [0.2, 0.25) is 5.91 Å². The van der Waals surface area contributed by atoms with Gasteiger partial charge < -0.3 is 16.0 Å². The molecule has 1 amide bonds. The summed E-state index contributed by atoms with van der Waals surface area (Å²) in [7, 11) is 2.05. The molecule has 116 valence electrons. The number of rotatable bonds is 9. The summed E-state index contributed by atoms with van der Waals surface area (Å²) < 4.78 is 0. The molecule has 4 nitrogen and oxygen atoms in total. The van der Waals surface area contributed by atoms with Gasteiger partial charge in [0.1, 0.15) is 4.99 Å². The quantitative estimate of drug-likeness (QED) is 0.544. The van der Waals surface area contributed by atoms with Crippen LogP contribution in [0.1, 0.15) is 38.2 Å². The van der Waals surface area contributed by atoms with Gasteiger partial charge in [0.05, 0.1) is 0 Å². The molecule has 0 aliphatic rings. The van der Waals surface area contributed by atoms with Crippen LogP contribution in [0.4, 0.5) is 5.69 Å². The van der Waals surface area contributed by atoms with Gasteiger partial charge in [-0.1, -0.05) is 44.1 Å². The van der Waals surface area contributed by atoms with Gasteiger partial charge in [0.15, 0.2) is 0 Å². The van der Waals surface area contributed by atoms with Crippen LogP contribution in [0.5, 0.6) is 0 Å². The summed E-state index contributed by atoms with van der Waals surface area (Å²) in [6, 6.07) is 7.30. The number of nitrogens with two attached hydrogens (primary N) is 1. The molecule has 0 aliphatic carbocycles. The standard InChI is InChI=1S/C16H25N3OS/c1-3-4-5-10-19(2)11-9-15(20)18-14-8-6-7-13(12-14)16(17)21/h6-8,12H,3-5,9-11H2,1-2H3,(H2,17,21)(H,18,20). The second-order valence-corrected chi connectivity index (χ2v) is 5.69. The molecule has 0 bridgehead atoms. The van der Waals surface area contributed by atoms with E-state index >= 15 is 0 Å². The second kappa shape index (κ2) is 9.47. The van der Waals surface area contributed by atoms with E-state index in [1.165, 1.54) is 19.3 Å². The maximum absolute atomic E-state index is 11.9. The average Bonchev–Trinajstić information content (AvgIpc) is 2.45. The Hall–Kier alpha value is -1.46. The molecule has 0 fully saturated rings. The third-order valence-corrected chi connectivity index (χ3v) is 3.53. The highest BCUT2D eigenvalue weighted by Crippen LogP contribution is 2.11. The van der Waals surface area contributed by atoms with Gasteiger partial charge >= 0.3 is 0 Å². The van der Waals surface area contributed by atoms with Crippen molar-refractivity contribution in [2.75, 3.05) is 25.5 Å². The van der Waals surface area contributed by atoms with Crippen LogP contribution in [-0.2, 0) is 4.79 Å². The first-order valence-corrected chi connectivity index (χ1v) is 7.82. The lowest BCUT2D eigenvalue weighted by atomic mass is 10.2. The van der Waals surface area contributed by atoms with Crippen LogP contribution in [-0.4, -0.2) is 35.9 Å². The fraction of sp³-hybridized carbons (Fsp3) is 0.500. The van der Waals surface area contributed by atoms with Crippen LogP contribution < -0.4 is 11.1 Å². The minimum absolute atomic E-state index is 0.0115. The Morgan fingerprint density at radius 3 is 2.76 bits per heavy atom. The zero-order chi connectivity index (χ0) is 15.7. The zero-order valence-corrected chi connectivity index (χ0v) is 13.7. The number of thiocarbonyl (C=S) groups is 1. The molecule has 0 aliphatic heterocycles. The van der Waals surface area contributed by atoms with E-state index in [0.717, 1.165) is 24.3 Å². The highest BCUT2D eigenvalue weighted by Gasteiger charge is 2.06. The predicted molar refractivity (Wildman–Crippen MR) is 92.6 cm³/mol. The van der Waals surface area contributed by atoms with E-state index < -0.39 is 0 Å². The first-order valence-electron chi connectivity index (χ1n) is 7.41. The number of amides is 1. The van der Waals surface area contributed by atoms with Crippen LogP contribution in [0.15, 0.2) is 24.3 Å². The molecular formula is C16H25N3OS. The smallest absolute Gasteiger partial charge is 0.225 e. The van der Waals surface area contributed by atoms with Crippen molar-refractivity contribution in [3.8, 4) is 0 Å². The maximum Gasteiger partial charge on any atom is 0.225 e. The van der Waals surface area contributed by atoms with Gasteiger partial charge in [0.25, 0.3) is 0 Å². The molecule has 0 spiro atoms. The molecule has 0 saturated carbocycles. The minimum Gasteiger partial charge on any atom is -0.389 e. The number of nitrogens with one attached hydrogen (secondary N) is 1. The van der Waals surface area contributed by atoms with E-state index in [0.29, 0.717) is 11.4 Å². The predicted octanol–water partition coefficient (Wildman–Crippen LogP) is 2.77. The Bertz CT molecular complexity index is 476. The van der Waals surface area contributed by atoms with Crippen molar-refractivity contribution in [3.05, 3.63) is 29.8 Å². The number of carbonyl (C=O) groups excluding carboxylic acids is 1. The van der Waals surface area contributed by atoms with Crippen molar-refractivity contribution in [1.82, 2.24) is 4.90 Å². The summed E-state index contributed by atoms with van der Waals surface area (Å²) in [5.41, 5.74) is 7.08. The molecule has 0 heterocycles. The molecule has 0 aromatic heterocycles. The molecule has 3 N–H and O–H groups in total. The SMILES string of the molecule is CCCCCN(C)CCC(=O)Nc1cccc(C(N)=S)c1. The summed E-state index contributed by atoms with van der Waals surface area (Å²) in [6.45, 7) is 4.00. The molecular weight excluding hydrogens is 282 g/mol. The van der Waals surface area contributed by atoms with E-state index in [1.54, 1.807) is 6.07 Å². The van der Waals surface area contributed by atoms with Crippen LogP contribution in [0.25, 0.3) is 0 Å². The molecule has 21 heavy (non-hydrogen) atoms. The van der Waals surface area contributed by atoms with Gasteiger partial charge in [0, 0.05) is 24.2 Å². The van der Waals surface area contributed by atoms with Crippen molar-refractivity contribution in [1.29, 1.82) is 0 Å². The molecule has 1 rings (SSSR count). The van der Waals surface area contributed by atoms with Gasteiger partial charge in [-0.3, -0.25) is 4.79 Å². The molecule has 0 unspecified atom stereocenters. The van der Waals surface area contributed by atoms with Crippen LogP contribution >= 0.6 is 12.2 Å². The molecule has 0 atom stereocenters. The first kappa shape index (κ1) is 17.6. The minimum atomic E-state index is 0.0115. The van der Waals surface area contributed by atoms with Crippen molar-refractivity contribution < 1.29 is 4.79 Å². The highest BCUT2D eigenvalue weighted by atomic mass is 32.1. The lowest BCUT2D eigenvalue weighted by Crippen LogP contribution is -2.25. The number of carbonyl (C=O) groups is 1. The van der Waals surface area contributed by atoms with E-state index in [9.17, 15) is 4.79 Å². The van der Waals surface area contributed by atoms with Gasteiger partial charge in [-0.05, 0) is 32.1 Å². The fourth-order valence-corrected chi connectivity index (χ4v) is 2.14. The highest BCUT2D eigenvalue weighted by molar-refractivity contribution is 7.80. The summed E-state index contributed by atoms with van der Waals surface area (Å²) in [4.78, 5) is 14.5. The van der Waals surface area contributed by atoms with Crippen molar-refractivity contribution in [3.63, 3.8) is 0 Å². The number of hydrogen-bond donors (Lipinski definition) is 2. The Balaban J connectivity index is 2.36. The van der Waals surface area contributed by atoms with E-state index in [1.807, 2.05) is 18.2 Å². The monoisotopic (exact) mass is 307 g/mol. The second-order valence-electron chi connectivity index (χ2n) is 5.25. The summed E-state index contributed by atoms with van der Waals surface area (Å²) in [6.07, 6.45) is 4.13. The summed E-state index contributed by atoms with van der Waals surface area (Å²) in [5.74, 6) is 0.0115. The van der Waals surface area contributed by atoms with Crippen LogP contribution in [0.2, 0.25) is 0 Å². The maximum atomic E-state index is 11.9. The largest absolute Gasteiger partial charge is 0.389 e. The third kappa shape index (κ3) is 7.20. The van der Waals surface area contributed by atoms with E-state index in [-0.39, 0.29) is 5.91 Å². The molecule has 1 aromatic rings. The fourth-order valence-electron chi connectivity index (χ4n) is 2.01. The van der Waals surface area contributed by atoms with E-state index in [2.05, 4.69) is 24.2 Å². The molecule has 5 heteroatoms. The Labute approximate surface area is 132 Å². The lowest BCUT2D eigenvalue weighted by molar-refractivity contribution is -0.116. The Kier molecular flexibility index (Phi) is 7.93. The van der Waals surface area contributed by atoms with Crippen LogP contribution in [0, 0.1) is 0 Å². The number of unbranched alkanes of at least 4 members (excludes halogenated alkanes) is 2.